The number of hydrogen-bond acceptors (Lipinski definition) is 4. The van der Waals surface area contributed by atoms with Crippen LogP contribution in [0, 0.1) is 0 Å². The number of ether oxygens (including phenoxy) is 1. The molecule has 2 heterocycles. The zero-order chi connectivity index (χ0) is 16.5. The van der Waals surface area contributed by atoms with E-state index in [0.29, 0.717) is 6.04 Å². The highest BCUT2D eigenvalue weighted by atomic mass is 32.2. The average Bonchev–Trinajstić information content (AvgIpc) is 2.58. The van der Waals surface area contributed by atoms with Gasteiger partial charge in [-0.25, -0.2) is 4.99 Å². The Morgan fingerprint density at radius 2 is 2.17 bits per heavy atom. The van der Waals surface area contributed by atoms with Crippen molar-refractivity contribution in [1.29, 1.82) is 0 Å². The third-order valence-electron chi connectivity index (χ3n) is 4.14. The van der Waals surface area contributed by atoms with Crippen LogP contribution in [0.4, 0.5) is 0 Å². The minimum atomic E-state index is 0.0121. The van der Waals surface area contributed by atoms with E-state index in [1.54, 1.807) is 19.0 Å². The normalized spacial score (nSPS) is 25.7. The van der Waals surface area contributed by atoms with E-state index in [-0.39, 0.29) is 18.6 Å². The fourth-order valence-electron chi connectivity index (χ4n) is 2.67. The van der Waals surface area contributed by atoms with Gasteiger partial charge in [-0.1, -0.05) is 0 Å². The predicted octanol–water partition coefficient (Wildman–Crippen LogP) is 1.07. The van der Waals surface area contributed by atoms with Gasteiger partial charge in [-0.05, 0) is 37.9 Å². The third-order valence-corrected chi connectivity index (χ3v) is 5.36. The van der Waals surface area contributed by atoms with Crippen LogP contribution in [0.2, 0.25) is 0 Å². The Bertz CT molecular complexity index is 392. The number of amides is 1. The summed E-state index contributed by atoms with van der Waals surface area (Å²) in [6.07, 6.45) is 6.13. The molecule has 0 aromatic rings. The van der Waals surface area contributed by atoms with Gasteiger partial charge in [-0.15, -0.1) is 0 Å². The molecule has 0 spiro atoms. The van der Waals surface area contributed by atoms with E-state index in [4.69, 9.17) is 4.74 Å². The van der Waals surface area contributed by atoms with Crippen LogP contribution in [0.25, 0.3) is 0 Å². The molecule has 2 aliphatic heterocycles. The van der Waals surface area contributed by atoms with E-state index in [1.807, 2.05) is 11.8 Å². The lowest BCUT2D eigenvalue weighted by Gasteiger charge is -2.27. The Labute approximate surface area is 143 Å². The van der Waals surface area contributed by atoms with Crippen molar-refractivity contribution in [2.24, 2.45) is 4.99 Å². The van der Waals surface area contributed by atoms with Crippen molar-refractivity contribution < 1.29 is 9.53 Å². The molecule has 7 heteroatoms. The SMILES string of the molecule is CN(C)C(=O)CN=C(NCC1CCCCO1)NC1CCCSC1. The number of nitrogens with zero attached hydrogens (tertiary/aromatic N) is 2. The highest BCUT2D eigenvalue weighted by Crippen LogP contribution is 2.17. The standard InChI is InChI=1S/C16H30N4O2S/c1-20(2)15(21)11-18-16(19-13-6-5-9-23-12-13)17-10-14-7-3-4-8-22-14/h13-14H,3-12H2,1-2H3,(H2,17,18,19). The van der Waals surface area contributed by atoms with Crippen LogP contribution in [0.5, 0.6) is 0 Å². The van der Waals surface area contributed by atoms with Crippen LogP contribution in [-0.4, -0.2) is 74.2 Å². The molecule has 0 bridgehead atoms. The number of hydrogen-bond donors (Lipinski definition) is 2. The Balaban J connectivity index is 1.86. The summed E-state index contributed by atoms with van der Waals surface area (Å²) in [5.74, 6) is 3.09. The zero-order valence-corrected chi connectivity index (χ0v) is 15.2. The summed E-state index contributed by atoms with van der Waals surface area (Å²) in [5, 5.41) is 6.85. The summed E-state index contributed by atoms with van der Waals surface area (Å²) >= 11 is 1.98. The third kappa shape index (κ3) is 6.99. The molecule has 0 radical (unpaired) electrons. The van der Waals surface area contributed by atoms with E-state index in [9.17, 15) is 4.79 Å². The number of carbonyl (C=O) groups excluding carboxylic acids is 1. The summed E-state index contributed by atoms with van der Waals surface area (Å²) in [6, 6.07) is 0.432. The maximum Gasteiger partial charge on any atom is 0.243 e. The Hall–Kier alpha value is -0.950. The van der Waals surface area contributed by atoms with Crippen molar-refractivity contribution in [2.75, 3.05) is 45.3 Å². The highest BCUT2D eigenvalue weighted by Gasteiger charge is 2.18. The van der Waals surface area contributed by atoms with Gasteiger partial charge in [-0.2, -0.15) is 11.8 Å². The molecular weight excluding hydrogens is 312 g/mol. The van der Waals surface area contributed by atoms with Gasteiger partial charge in [0, 0.05) is 39.0 Å². The summed E-state index contributed by atoms with van der Waals surface area (Å²) in [4.78, 5) is 17.8. The van der Waals surface area contributed by atoms with Crippen molar-refractivity contribution in [3.05, 3.63) is 0 Å². The molecule has 0 saturated carbocycles. The van der Waals surface area contributed by atoms with E-state index >= 15 is 0 Å². The van der Waals surface area contributed by atoms with Crippen molar-refractivity contribution in [3.63, 3.8) is 0 Å². The Morgan fingerprint density at radius 3 is 2.83 bits per heavy atom. The predicted molar refractivity (Wildman–Crippen MR) is 96.1 cm³/mol. The number of thioether (sulfide) groups is 1. The van der Waals surface area contributed by atoms with Crippen molar-refractivity contribution in [3.8, 4) is 0 Å². The maximum atomic E-state index is 11.8. The number of rotatable bonds is 5. The molecule has 23 heavy (non-hydrogen) atoms. The summed E-state index contributed by atoms with van der Waals surface area (Å²) in [6.45, 7) is 1.78. The highest BCUT2D eigenvalue weighted by molar-refractivity contribution is 7.99. The van der Waals surface area contributed by atoms with Crippen LogP contribution in [0.15, 0.2) is 4.99 Å². The fourth-order valence-corrected chi connectivity index (χ4v) is 3.74. The maximum absolute atomic E-state index is 11.8. The summed E-state index contributed by atoms with van der Waals surface area (Å²) < 4.78 is 5.76. The van der Waals surface area contributed by atoms with Gasteiger partial charge >= 0.3 is 0 Å². The Morgan fingerprint density at radius 1 is 1.30 bits per heavy atom. The van der Waals surface area contributed by atoms with Crippen LogP contribution >= 0.6 is 11.8 Å². The van der Waals surface area contributed by atoms with Crippen LogP contribution in [0.3, 0.4) is 0 Å². The quantitative estimate of drug-likeness (QED) is 0.578. The van der Waals surface area contributed by atoms with E-state index < -0.39 is 0 Å². The molecule has 2 atom stereocenters. The zero-order valence-electron chi connectivity index (χ0n) is 14.3. The molecule has 0 aliphatic carbocycles. The average molecular weight is 343 g/mol. The van der Waals surface area contributed by atoms with Gasteiger partial charge < -0.3 is 20.3 Å². The van der Waals surface area contributed by atoms with Crippen LogP contribution in [-0.2, 0) is 9.53 Å². The first-order chi connectivity index (χ1) is 11.1. The molecule has 1 amide bonds. The lowest BCUT2D eigenvalue weighted by atomic mass is 10.1. The number of likely N-dealkylation sites (N-methyl/N-ethyl adjacent to an activating group) is 1. The van der Waals surface area contributed by atoms with Crippen molar-refractivity contribution in [1.82, 2.24) is 15.5 Å². The second-order valence-corrected chi connectivity index (χ2v) is 7.53. The first-order valence-electron chi connectivity index (χ1n) is 8.59. The minimum absolute atomic E-state index is 0.0121. The largest absolute Gasteiger partial charge is 0.376 e. The minimum Gasteiger partial charge on any atom is -0.376 e. The number of nitrogens with one attached hydrogen (secondary N) is 2. The van der Waals surface area contributed by atoms with Crippen LogP contribution < -0.4 is 10.6 Å². The molecule has 2 rings (SSSR count). The molecule has 2 saturated heterocycles. The monoisotopic (exact) mass is 342 g/mol. The fraction of sp³-hybridized carbons (Fsp3) is 0.875. The smallest absolute Gasteiger partial charge is 0.243 e. The molecule has 2 N–H and O–H groups in total. The van der Waals surface area contributed by atoms with Crippen molar-refractivity contribution in [2.45, 2.75) is 44.2 Å². The number of aliphatic imine (C=N–C) groups is 1. The molecule has 2 fully saturated rings. The van der Waals surface area contributed by atoms with E-state index in [1.165, 1.54) is 18.6 Å². The lowest BCUT2D eigenvalue weighted by Crippen LogP contribution is -2.48. The molecule has 132 valence electrons. The first kappa shape index (κ1) is 18.4. The lowest BCUT2D eigenvalue weighted by molar-refractivity contribution is -0.127. The molecule has 6 nitrogen and oxygen atoms in total. The molecule has 2 unspecified atom stereocenters. The van der Waals surface area contributed by atoms with E-state index in [2.05, 4.69) is 15.6 Å². The van der Waals surface area contributed by atoms with Crippen LogP contribution in [0.1, 0.15) is 32.1 Å². The summed E-state index contributed by atoms with van der Waals surface area (Å²) in [5.41, 5.74) is 0. The molecule has 2 aliphatic rings. The summed E-state index contributed by atoms with van der Waals surface area (Å²) in [7, 11) is 3.51. The van der Waals surface area contributed by atoms with Gasteiger partial charge in [0.05, 0.1) is 6.10 Å². The van der Waals surface area contributed by atoms with Gasteiger partial charge in [0.25, 0.3) is 0 Å². The van der Waals surface area contributed by atoms with Gasteiger partial charge in [-0.3, -0.25) is 4.79 Å². The number of guanidine groups is 1. The van der Waals surface area contributed by atoms with E-state index in [0.717, 1.165) is 44.1 Å². The second-order valence-electron chi connectivity index (χ2n) is 6.38. The van der Waals surface area contributed by atoms with Gasteiger partial charge in [0.15, 0.2) is 5.96 Å². The molecular formula is C16H30N4O2S. The van der Waals surface area contributed by atoms with Crippen molar-refractivity contribution >= 4 is 23.6 Å². The Kier molecular flexibility index (Phi) is 8.02. The first-order valence-corrected chi connectivity index (χ1v) is 9.75. The number of carbonyl (C=O) groups is 1. The topological polar surface area (TPSA) is 66.0 Å². The van der Waals surface area contributed by atoms with Gasteiger partial charge in [0.2, 0.25) is 5.91 Å². The van der Waals surface area contributed by atoms with Gasteiger partial charge in [0.1, 0.15) is 6.54 Å². The molecule has 0 aromatic heterocycles. The molecule has 0 aromatic carbocycles. The second kappa shape index (κ2) is 10.0.